The van der Waals surface area contributed by atoms with Gasteiger partial charge in [-0.1, -0.05) is 0 Å². The van der Waals surface area contributed by atoms with Gasteiger partial charge in [-0.3, -0.25) is 0 Å². The van der Waals surface area contributed by atoms with Crippen LogP contribution in [-0.2, 0) is 0 Å². The molecule has 0 bridgehead atoms. The number of nitrogens with one attached hydrogen (secondary N) is 2. The number of allylic oxidation sites excluding steroid dienone is 2. The Kier molecular flexibility index (Phi) is 7.07. The highest BCUT2D eigenvalue weighted by Gasteiger charge is 2.43. The summed E-state index contributed by atoms with van der Waals surface area (Å²) in [6, 6.07) is 7.23. The molecule has 0 amide bonds. The van der Waals surface area contributed by atoms with Crippen molar-refractivity contribution in [3.8, 4) is 70.2 Å². The molecule has 46 heavy (non-hydrogen) atoms. The summed E-state index contributed by atoms with van der Waals surface area (Å²) in [7, 11) is 0. The van der Waals surface area contributed by atoms with E-state index in [9.17, 15) is 38.6 Å². The molecule has 10 nitrogen and oxygen atoms in total. The van der Waals surface area contributed by atoms with Crippen LogP contribution in [0.4, 0.5) is 46.5 Å². The molecule has 2 aliphatic heterocycles. The van der Waals surface area contributed by atoms with Gasteiger partial charge in [0.2, 0.25) is 11.8 Å². The van der Waals surface area contributed by atoms with Crippen LogP contribution >= 0.6 is 0 Å². The minimum absolute atomic E-state index is 0.916. The lowest BCUT2D eigenvalue weighted by Crippen LogP contribution is -2.07. The largest absolute Gasteiger partial charge is 0.436 e. The molecular weight excluding hydrogens is 632 g/mol. The van der Waals surface area contributed by atoms with Crippen molar-refractivity contribution >= 4 is 11.4 Å². The molecular formula is C28H2F8N8O2. The average Bonchev–Trinajstić information content (AvgIpc) is 3.67. The molecule has 0 aliphatic carbocycles. The molecule has 2 heterocycles. The molecule has 0 unspecified atom stereocenters. The molecule has 0 saturated carbocycles. The van der Waals surface area contributed by atoms with Gasteiger partial charge in [-0.2, -0.15) is 31.6 Å². The predicted molar refractivity (Wildman–Crippen MR) is 131 cm³/mol. The highest BCUT2D eigenvalue weighted by atomic mass is 19.2. The number of anilines is 2. The average molecular weight is 634 g/mol. The molecule has 222 valence electrons. The van der Waals surface area contributed by atoms with Gasteiger partial charge < -0.3 is 20.1 Å². The lowest BCUT2D eigenvalue weighted by molar-refractivity contribution is 0.442. The first-order valence-electron chi connectivity index (χ1n) is 11.7. The Morgan fingerprint density at radius 2 is 0.717 bits per heavy atom. The van der Waals surface area contributed by atoms with Crippen molar-refractivity contribution in [3.63, 3.8) is 0 Å². The number of hydrogen-bond acceptors (Lipinski definition) is 10. The van der Waals surface area contributed by atoms with Gasteiger partial charge in [0, 0.05) is 0 Å². The van der Waals surface area contributed by atoms with E-state index in [1.165, 1.54) is 24.3 Å². The Balaban J connectivity index is 2.08. The quantitative estimate of drug-likeness (QED) is 0.192. The van der Waals surface area contributed by atoms with Crippen molar-refractivity contribution in [3.05, 3.63) is 80.6 Å². The first-order valence-corrected chi connectivity index (χ1v) is 11.7. The summed E-state index contributed by atoms with van der Waals surface area (Å²) in [5.74, 6) is -22.1. The summed E-state index contributed by atoms with van der Waals surface area (Å²) in [6.07, 6.45) is 0. The summed E-state index contributed by atoms with van der Waals surface area (Å²) < 4.78 is 132. The van der Waals surface area contributed by atoms with Gasteiger partial charge in [-0.25, -0.2) is 35.1 Å². The minimum atomic E-state index is -2.26. The summed E-state index contributed by atoms with van der Waals surface area (Å²) in [6.45, 7) is 0. The van der Waals surface area contributed by atoms with Gasteiger partial charge in [-0.05, 0) is 0 Å². The Morgan fingerprint density at radius 3 is 0.957 bits per heavy atom. The van der Waals surface area contributed by atoms with Crippen LogP contribution in [0.1, 0.15) is 11.1 Å². The van der Waals surface area contributed by atoms with E-state index in [1.807, 2.05) is 0 Å². The van der Waals surface area contributed by atoms with Crippen LogP contribution in [0.2, 0.25) is 0 Å². The minimum Gasteiger partial charge on any atom is -0.436 e. The Labute approximate surface area is 249 Å². The van der Waals surface area contributed by atoms with Crippen LogP contribution in [0.3, 0.4) is 0 Å². The van der Waals surface area contributed by atoms with Crippen molar-refractivity contribution in [2.24, 2.45) is 0 Å². The molecule has 0 fully saturated rings. The first-order chi connectivity index (χ1) is 21.9. The van der Waals surface area contributed by atoms with Crippen molar-refractivity contribution in [2.45, 2.75) is 0 Å². The van der Waals surface area contributed by atoms with Crippen molar-refractivity contribution in [2.75, 3.05) is 10.6 Å². The summed E-state index contributed by atoms with van der Waals surface area (Å²) in [5, 5.41) is 59.7. The normalized spacial score (nSPS) is 12.0. The number of fused-ring (bicyclic) bond motifs is 2. The Hall–Kier alpha value is -7.28. The van der Waals surface area contributed by atoms with E-state index in [0.717, 1.165) is 12.1 Å². The topological polar surface area (TPSA) is 185 Å². The second kappa shape index (κ2) is 10.8. The number of ether oxygens (including phenoxy) is 2. The maximum Gasteiger partial charge on any atom is 0.226 e. The van der Waals surface area contributed by atoms with Crippen LogP contribution in [0.15, 0.2) is 22.9 Å². The summed E-state index contributed by atoms with van der Waals surface area (Å²) in [4.78, 5) is 0. The second-order valence-corrected chi connectivity index (χ2v) is 8.70. The number of rotatable bonds is 2. The zero-order valence-electron chi connectivity index (χ0n) is 21.5. The summed E-state index contributed by atoms with van der Waals surface area (Å²) in [5.41, 5.74) is -13.0. The van der Waals surface area contributed by atoms with Crippen molar-refractivity contribution in [1.29, 1.82) is 31.6 Å². The predicted octanol–water partition coefficient (Wildman–Crippen LogP) is 6.00. The number of benzene rings is 3. The third-order valence-corrected chi connectivity index (χ3v) is 6.45. The third kappa shape index (κ3) is 3.96. The zero-order valence-corrected chi connectivity index (χ0v) is 21.5. The van der Waals surface area contributed by atoms with Crippen molar-refractivity contribution < 1.29 is 44.6 Å². The third-order valence-electron chi connectivity index (χ3n) is 6.45. The number of nitrogens with zero attached hydrogens (tertiary/aromatic N) is 6. The molecule has 18 heteroatoms. The van der Waals surface area contributed by atoms with Crippen molar-refractivity contribution in [1.82, 2.24) is 0 Å². The highest BCUT2D eigenvalue weighted by Crippen LogP contribution is 2.61. The maximum absolute atomic E-state index is 15.5. The monoisotopic (exact) mass is 634 g/mol. The van der Waals surface area contributed by atoms with E-state index < -0.39 is 126 Å². The van der Waals surface area contributed by atoms with E-state index in [-0.39, 0.29) is 0 Å². The Morgan fingerprint density at radius 1 is 0.435 bits per heavy atom. The zero-order chi connectivity index (χ0) is 33.8. The molecule has 0 aromatic heterocycles. The van der Waals surface area contributed by atoms with Crippen LogP contribution in [0.25, 0.3) is 22.3 Å². The molecule has 0 atom stereocenters. The van der Waals surface area contributed by atoms with E-state index >= 15 is 17.6 Å². The molecule has 0 spiro atoms. The fourth-order valence-corrected chi connectivity index (χ4v) is 4.48. The number of halogens is 8. The van der Waals surface area contributed by atoms with Crippen LogP contribution in [-0.4, -0.2) is 0 Å². The van der Waals surface area contributed by atoms with Gasteiger partial charge >= 0.3 is 0 Å². The van der Waals surface area contributed by atoms with Crippen LogP contribution in [0.5, 0.6) is 11.5 Å². The lowest BCUT2D eigenvalue weighted by atomic mass is 9.91. The van der Waals surface area contributed by atoms with E-state index in [2.05, 4.69) is 10.6 Å². The SMILES string of the molecule is N#CC(C#N)=C1Nc2c(c(-c3c(F)c(F)c(C#N)c(F)c3F)c3c(c2-c2c(F)c(F)c(C#N)c(F)c2F)OC(=C(C#N)C#N)N3)O1. The van der Waals surface area contributed by atoms with Gasteiger partial charge in [-0.15, -0.1) is 0 Å². The molecule has 0 radical (unpaired) electrons. The van der Waals surface area contributed by atoms with Gasteiger partial charge in [0.1, 0.15) is 47.5 Å². The molecule has 5 rings (SSSR count). The number of hydrogen-bond donors (Lipinski definition) is 2. The lowest BCUT2D eigenvalue weighted by Gasteiger charge is -2.18. The highest BCUT2D eigenvalue weighted by molar-refractivity contribution is 6.05. The van der Waals surface area contributed by atoms with Crippen LogP contribution in [0, 0.1) is 115 Å². The second-order valence-electron chi connectivity index (χ2n) is 8.70. The number of nitriles is 6. The van der Waals surface area contributed by atoms with E-state index in [0.29, 0.717) is 0 Å². The molecule has 3 aromatic rings. The fourth-order valence-electron chi connectivity index (χ4n) is 4.48. The van der Waals surface area contributed by atoms with E-state index in [1.54, 1.807) is 0 Å². The van der Waals surface area contributed by atoms with E-state index in [4.69, 9.17) is 20.0 Å². The maximum atomic E-state index is 15.5. The standard InChI is InChI=1S/C28H2F8N8O2/c29-15-9(5-41)16(30)20(34)11(19(15)33)13-23-25(45-27(43-23)7(1-37)2-38)14(24-26(13)46-28(44-24)8(3-39)4-40)12-21(35)17(31)10(6-42)18(32)22(12)36/h43-44H. The summed E-state index contributed by atoms with van der Waals surface area (Å²) >= 11 is 0. The Bertz CT molecular complexity index is 2030. The van der Waals surface area contributed by atoms with Gasteiger partial charge in [0.25, 0.3) is 0 Å². The van der Waals surface area contributed by atoms with Crippen LogP contribution < -0.4 is 20.1 Å². The first kappa shape index (κ1) is 30.2. The molecule has 0 saturated heterocycles. The molecule has 3 aromatic carbocycles. The fraction of sp³-hybridized carbons (Fsp3) is 0. The van der Waals surface area contributed by atoms with Gasteiger partial charge in [0.05, 0.1) is 33.6 Å². The van der Waals surface area contributed by atoms with Gasteiger partial charge in [0.15, 0.2) is 69.2 Å². The molecule has 2 aliphatic rings. The smallest absolute Gasteiger partial charge is 0.226 e. The molecule has 2 N–H and O–H groups in total.